The van der Waals surface area contributed by atoms with Gasteiger partial charge in [-0.1, -0.05) is 150 Å². The number of rotatable bonds is 14. The van der Waals surface area contributed by atoms with Gasteiger partial charge in [0.15, 0.2) is 0 Å². The van der Waals surface area contributed by atoms with Crippen molar-refractivity contribution in [1.29, 1.82) is 0 Å². The first-order valence-corrected chi connectivity index (χ1v) is 13.7. The molecule has 0 nitrogen and oxygen atoms in total. The number of unbranched alkanes of at least 4 members (excludes halogenated alkanes) is 9. The zero-order chi connectivity index (χ0) is 21.6. The van der Waals surface area contributed by atoms with Gasteiger partial charge in [-0.25, -0.2) is 0 Å². The molecule has 0 spiro atoms. The van der Waals surface area contributed by atoms with E-state index in [1.165, 1.54) is 86.5 Å². The van der Waals surface area contributed by atoms with Crippen molar-refractivity contribution in [2.24, 2.45) is 0 Å². The Labute approximate surface area is 216 Å². The van der Waals surface area contributed by atoms with E-state index in [4.69, 9.17) is 0 Å². The zero-order valence-corrected chi connectivity index (χ0v) is 22.7. The number of halogens is 2. The molecule has 0 aliphatic heterocycles. The maximum atomic E-state index is 2.37. The van der Waals surface area contributed by atoms with E-state index < -0.39 is 7.92 Å². The Morgan fingerprint density at radius 3 is 1.42 bits per heavy atom. The van der Waals surface area contributed by atoms with E-state index in [-0.39, 0.29) is 24.8 Å². The van der Waals surface area contributed by atoms with Crippen LogP contribution < -0.4 is 15.9 Å². The maximum absolute atomic E-state index is 2.37. The first-order valence-electron chi connectivity index (χ1n) is 12.4. The Bertz CT molecular complexity index is 812. The summed E-state index contributed by atoms with van der Waals surface area (Å²) < 4.78 is 0. The summed E-state index contributed by atoms with van der Waals surface area (Å²) in [5.74, 6) is 0. The standard InChI is InChI=1S/C30H39P.2ClH/c1-2-3-4-5-6-7-8-9-10-13-20-27-21-18-19-26-30(27)31(28-22-14-11-15-23-28)29-24-16-12-17-25-29;;/h11-12,14-19,21-26H,2-10,13,20H2,1H3;2*1H. The first kappa shape index (κ1) is 29.7. The molecule has 0 aliphatic rings. The second kappa shape index (κ2) is 18.1. The second-order valence-corrected chi connectivity index (χ2v) is 10.8. The number of hydrogen-bond acceptors (Lipinski definition) is 0. The summed E-state index contributed by atoms with van der Waals surface area (Å²) in [7, 11) is -0.505. The van der Waals surface area contributed by atoms with Crippen molar-refractivity contribution in [3.63, 3.8) is 0 Å². The molecular formula is C30H41Cl2P. The molecule has 180 valence electrons. The molecule has 0 aliphatic carbocycles. The third-order valence-electron chi connectivity index (χ3n) is 6.06. The molecule has 0 amide bonds. The van der Waals surface area contributed by atoms with E-state index in [1.807, 2.05) is 0 Å². The molecule has 0 heterocycles. The summed E-state index contributed by atoms with van der Waals surface area (Å²) in [6.45, 7) is 2.29. The Hall–Kier alpha value is -1.33. The summed E-state index contributed by atoms with van der Waals surface area (Å²) in [5, 5.41) is 4.42. The van der Waals surface area contributed by atoms with Gasteiger partial charge in [-0.05, 0) is 42.2 Å². The molecule has 0 atom stereocenters. The van der Waals surface area contributed by atoms with E-state index in [2.05, 4.69) is 91.9 Å². The molecule has 0 fully saturated rings. The molecule has 0 bridgehead atoms. The minimum atomic E-state index is -0.505. The van der Waals surface area contributed by atoms with Gasteiger partial charge in [-0.15, -0.1) is 24.8 Å². The smallest absolute Gasteiger partial charge is 0.0119 e. The van der Waals surface area contributed by atoms with Gasteiger partial charge in [-0.2, -0.15) is 0 Å². The number of aryl methyl sites for hydroxylation is 1. The third-order valence-corrected chi connectivity index (χ3v) is 8.61. The van der Waals surface area contributed by atoms with Crippen LogP contribution >= 0.6 is 32.7 Å². The van der Waals surface area contributed by atoms with Crippen molar-refractivity contribution in [3.05, 3.63) is 90.5 Å². The van der Waals surface area contributed by atoms with E-state index in [0.717, 1.165) is 0 Å². The fraction of sp³-hybridized carbons (Fsp3) is 0.400. The molecule has 0 aromatic heterocycles. The lowest BCUT2D eigenvalue weighted by Gasteiger charge is -2.22. The van der Waals surface area contributed by atoms with E-state index in [1.54, 1.807) is 5.56 Å². The molecular weight excluding hydrogens is 462 g/mol. The molecule has 0 saturated heterocycles. The number of hydrogen-bond donors (Lipinski definition) is 0. The van der Waals surface area contributed by atoms with E-state index in [0.29, 0.717) is 0 Å². The molecule has 0 saturated carbocycles. The summed E-state index contributed by atoms with van der Waals surface area (Å²) in [6, 6.07) is 31.3. The Kier molecular flexibility index (Phi) is 16.3. The van der Waals surface area contributed by atoms with E-state index in [9.17, 15) is 0 Å². The average molecular weight is 504 g/mol. The summed E-state index contributed by atoms with van der Waals surface area (Å²) in [4.78, 5) is 0. The fourth-order valence-corrected chi connectivity index (χ4v) is 6.83. The first-order chi connectivity index (χ1) is 15.4. The maximum Gasteiger partial charge on any atom is -0.0119 e. The van der Waals surface area contributed by atoms with Crippen LogP contribution in [-0.4, -0.2) is 0 Å². The van der Waals surface area contributed by atoms with Crippen LogP contribution in [0, 0.1) is 0 Å². The lowest BCUT2D eigenvalue weighted by atomic mass is 10.0. The molecule has 3 heteroatoms. The van der Waals surface area contributed by atoms with Crippen LogP contribution in [0.2, 0.25) is 0 Å². The van der Waals surface area contributed by atoms with Crippen LogP contribution in [0.1, 0.15) is 76.7 Å². The van der Waals surface area contributed by atoms with Crippen molar-refractivity contribution < 1.29 is 0 Å². The van der Waals surface area contributed by atoms with Crippen LogP contribution in [0.4, 0.5) is 0 Å². The van der Waals surface area contributed by atoms with Gasteiger partial charge in [0.1, 0.15) is 0 Å². The quantitative estimate of drug-likeness (QED) is 0.152. The van der Waals surface area contributed by atoms with Crippen LogP contribution in [0.5, 0.6) is 0 Å². The van der Waals surface area contributed by atoms with Gasteiger partial charge < -0.3 is 0 Å². The van der Waals surface area contributed by atoms with Crippen LogP contribution in [-0.2, 0) is 6.42 Å². The molecule has 0 radical (unpaired) electrons. The predicted octanol–water partition coefficient (Wildman–Crippen LogP) is 8.75. The highest BCUT2D eigenvalue weighted by Gasteiger charge is 2.18. The molecule has 0 unspecified atom stereocenters. The van der Waals surface area contributed by atoms with Crippen molar-refractivity contribution in [2.45, 2.75) is 77.6 Å². The number of benzene rings is 3. The lowest BCUT2D eigenvalue weighted by molar-refractivity contribution is 0.556. The monoisotopic (exact) mass is 502 g/mol. The van der Waals surface area contributed by atoms with Gasteiger partial charge in [0.2, 0.25) is 0 Å². The van der Waals surface area contributed by atoms with Gasteiger partial charge >= 0.3 is 0 Å². The van der Waals surface area contributed by atoms with E-state index >= 15 is 0 Å². The topological polar surface area (TPSA) is 0 Å². The highest BCUT2D eigenvalue weighted by atomic mass is 35.5. The highest BCUT2D eigenvalue weighted by molar-refractivity contribution is 7.79. The molecule has 3 aromatic rings. The minimum absolute atomic E-state index is 0. The molecule has 3 aromatic carbocycles. The van der Waals surface area contributed by atoms with Crippen molar-refractivity contribution >= 4 is 48.6 Å². The van der Waals surface area contributed by atoms with Gasteiger partial charge in [0.05, 0.1) is 0 Å². The highest BCUT2D eigenvalue weighted by Crippen LogP contribution is 2.34. The molecule has 33 heavy (non-hydrogen) atoms. The van der Waals surface area contributed by atoms with Gasteiger partial charge in [0.25, 0.3) is 0 Å². The average Bonchev–Trinajstić information content (AvgIpc) is 2.83. The SMILES string of the molecule is CCCCCCCCCCCCc1ccccc1P(c1ccccc1)c1ccccc1.Cl.Cl. The Balaban J connectivity index is 0.00000272. The predicted molar refractivity (Wildman–Crippen MR) is 155 cm³/mol. The lowest BCUT2D eigenvalue weighted by Crippen LogP contribution is -2.23. The summed E-state index contributed by atoms with van der Waals surface area (Å²) >= 11 is 0. The second-order valence-electron chi connectivity index (χ2n) is 8.57. The van der Waals surface area contributed by atoms with Crippen molar-refractivity contribution in [1.82, 2.24) is 0 Å². The summed E-state index contributed by atoms with van der Waals surface area (Å²) in [5.41, 5.74) is 1.54. The molecule has 0 N–H and O–H groups in total. The summed E-state index contributed by atoms with van der Waals surface area (Å²) in [6.07, 6.45) is 15.1. The van der Waals surface area contributed by atoms with Crippen LogP contribution in [0.25, 0.3) is 0 Å². The normalized spacial score (nSPS) is 10.5. The zero-order valence-electron chi connectivity index (χ0n) is 20.1. The van der Waals surface area contributed by atoms with Crippen LogP contribution in [0.3, 0.4) is 0 Å². The van der Waals surface area contributed by atoms with Crippen LogP contribution in [0.15, 0.2) is 84.9 Å². The Morgan fingerprint density at radius 2 is 0.909 bits per heavy atom. The Morgan fingerprint density at radius 1 is 0.485 bits per heavy atom. The largest absolute Gasteiger partial charge is 0.147 e. The van der Waals surface area contributed by atoms with Crippen molar-refractivity contribution in [3.8, 4) is 0 Å². The third kappa shape index (κ3) is 10.2. The van der Waals surface area contributed by atoms with Crippen molar-refractivity contribution in [2.75, 3.05) is 0 Å². The minimum Gasteiger partial charge on any atom is -0.147 e. The fourth-order valence-electron chi connectivity index (χ4n) is 4.32. The van der Waals surface area contributed by atoms with Gasteiger partial charge in [0, 0.05) is 0 Å². The van der Waals surface area contributed by atoms with Gasteiger partial charge in [-0.3, -0.25) is 0 Å². The molecule has 3 rings (SSSR count).